The van der Waals surface area contributed by atoms with Crippen LogP contribution in [-0.4, -0.2) is 24.0 Å². The number of aromatic nitrogens is 1. The van der Waals surface area contributed by atoms with E-state index in [4.69, 9.17) is 5.73 Å². The number of pyridine rings is 1. The Hall–Kier alpha value is -1.94. The molecule has 82 valence electrons. The Morgan fingerprint density at radius 3 is 2.94 bits per heavy atom. The number of para-hydroxylation sites is 1. The quantitative estimate of drug-likeness (QED) is 0.800. The van der Waals surface area contributed by atoms with Gasteiger partial charge in [0.25, 0.3) is 5.91 Å². The highest BCUT2D eigenvalue weighted by atomic mass is 16.1. The number of hydrogen-bond acceptors (Lipinski definition) is 3. The molecule has 0 fully saturated rings. The van der Waals surface area contributed by atoms with Crippen molar-refractivity contribution in [1.29, 1.82) is 0 Å². The topological polar surface area (TPSA) is 68.0 Å². The normalized spacial score (nSPS) is 10.3. The second-order valence-corrected chi connectivity index (χ2v) is 3.43. The number of nitrogens with zero attached hydrogens (tertiary/aromatic N) is 1. The first-order valence-corrected chi connectivity index (χ1v) is 5.15. The Kier molecular flexibility index (Phi) is 3.12. The van der Waals surface area contributed by atoms with Crippen molar-refractivity contribution in [2.45, 2.75) is 0 Å². The fourth-order valence-electron chi connectivity index (χ4n) is 1.57. The first-order valence-electron chi connectivity index (χ1n) is 5.15. The van der Waals surface area contributed by atoms with Crippen molar-refractivity contribution in [3.8, 4) is 0 Å². The molecule has 3 N–H and O–H groups in total. The van der Waals surface area contributed by atoms with Gasteiger partial charge in [0, 0.05) is 24.7 Å². The van der Waals surface area contributed by atoms with Gasteiger partial charge in [-0.1, -0.05) is 18.2 Å². The molecule has 0 saturated heterocycles. The lowest BCUT2D eigenvalue weighted by atomic mass is 10.1. The van der Waals surface area contributed by atoms with Crippen LogP contribution in [0.5, 0.6) is 0 Å². The molecule has 0 aliphatic carbocycles. The van der Waals surface area contributed by atoms with Gasteiger partial charge in [0.2, 0.25) is 0 Å². The Morgan fingerprint density at radius 2 is 2.12 bits per heavy atom. The zero-order valence-electron chi connectivity index (χ0n) is 8.81. The van der Waals surface area contributed by atoms with E-state index in [2.05, 4.69) is 10.3 Å². The van der Waals surface area contributed by atoms with Crippen molar-refractivity contribution >= 4 is 16.8 Å². The molecule has 0 unspecified atom stereocenters. The summed E-state index contributed by atoms with van der Waals surface area (Å²) in [6.45, 7) is 0.909. The van der Waals surface area contributed by atoms with E-state index in [-0.39, 0.29) is 5.91 Å². The smallest absolute Gasteiger partial charge is 0.253 e. The van der Waals surface area contributed by atoms with Gasteiger partial charge in [-0.15, -0.1) is 0 Å². The van der Waals surface area contributed by atoms with E-state index in [0.717, 1.165) is 10.9 Å². The molecule has 0 aliphatic heterocycles. The predicted octanol–water partition coefficient (Wildman–Crippen LogP) is 0.923. The van der Waals surface area contributed by atoms with Gasteiger partial charge in [0.15, 0.2) is 0 Å². The monoisotopic (exact) mass is 215 g/mol. The molecule has 1 aromatic heterocycles. The number of rotatable bonds is 3. The van der Waals surface area contributed by atoms with Crippen LogP contribution in [0.3, 0.4) is 0 Å². The van der Waals surface area contributed by atoms with E-state index in [9.17, 15) is 4.79 Å². The van der Waals surface area contributed by atoms with Crippen LogP contribution < -0.4 is 11.1 Å². The van der Waals surface area contributed by atoms with E-state index < -0.39 is 0 Å². The summed E-state index contributed by atoms with van der Waals surface area (Å²) in [6.07, 6.45) is 1.68. The van der Waals surface area contributed by atoms with Crippen molar-refractivity contribution in [3.63, 3.8) is 0 Å². The first kappa shape index (κ1) is 10.6. The van der Waals surface area contributed by atoms with Gasteiger partial charge in [-0.25, -0.2) is 0 Å². The molecule has 0 saturated carbocycles. The molecule has 0 bridgehead atoms. The highest BCUT2D eigenvalue weighted by Gasteiger charge is 2.09. The van der Waals surface area contributed by atoms with Crippen LogP contribution in [0.15, 0.2) is 36.5 Å². The summed E-state index contributed by atoms with van der Waals surface area (Å²) in [6, 6.07) is 9.33. The first-order chi connectivity index (χ1) is 7.83. The Balaban J connectivity index is 2.40. The largest absolute Gasteiger partial charge is 0.351 e. The zero-order chi connectivity index (χ0) is 11.4. The number of benzene rings is 1. The van der Waals surface area contributed by atoms with Gasteiger partial charge in [0.05, 0.1) is 11.1 Å². The second-order valence-electron chi connectivity index (χ2n) is 3.43. The van der Waals surface area contributed by atoms with E-state index in [0.29, 0.717) is 18.7 Å². The molecule has 0 aliphatic rings. The standard InChI is InChI=1S/C12H13N3O/c13-6-8-15-12(16)10-5-1-3-9-4-2-7-14-11(9)10/h1-5,7H,6,8,13H2,(H,15,16). The van der Waals surface area contributed by atoms with Crippen molar-refractivity contribution in [3.05, 3.63) is 42.1 Å². The van der Waals surface area contributed by atoms with Crippen LogP contribution in [0.1, 0.15) is 10.4 Å². The van der Waals surface area contributed by atoms with Crippen LogP contribution in [0.4, 0.5) is 0 Å². The van der Waals surface area contributed by atoms with Crippen LogP contribution in [0, 0.1) is 0 Å². The number of hydrogen-bond donors (Lipinski definition) is 2. The van der Waals surface area contributed by atoms with Crippen molar-refractivity contribution in [2.75, 3.05) is 13.1 Å². The molecule has 2 rings (SSSR count). The average Bonchev–Trinajstić information content (AvgIpc) is 2.35. The Bertz CT molecular complexity index is 505. The van der Waals surface area contributed by atoms with Gasteiger partial charge in [-0.2, -0.15) is 0 Å². The summed E-state index contributed by atoms with van der Waals surface area (Å²) in [5, 5.41) is 3.70. The van der Waals surface area contributed by atoms with Gasteiger partial charge >= 0.3 is 0 Å². The van der Waals surface area contributed by atoms with Crippen molar-refractivity contribution in [1.82, 2.24) is 10.3 Å². The minimum absolute atomic E-state index is 0.130. The van der Waals surface area contributed by atoms with Crippen molar-refractivity contribution < 1.29 is 4.79 Å². The summed E-state index contributed by atoms with van der Waals surface area (Å²) < 4.78 is 0. The van der Waals surface area contributed by atoms with Gasteiger partial charge < -0.3 is 11.1 Å². The molecule has 1 aromatic carbocycles. The lowest BCUT2D eigenvalue weighted by Gasteiger charge is -2.05. The third-order valence-corrected chi connectivity index (χ3v) is 2.31. The van der Waals surface area contributed by atoms with Gasteiger partial charge in [-0.3, -0.25) is 9.78 Å². The number of nitrogens with two attached hydrogens (primary N) is 1. The van der Waals surface area contributed by atoms with E-state index in [1.807, 2.05) is 24.3 Å². The zero-order valence-corrected chi connectivity index (χ0v) is 8.81. The average molecular weight is 215 g/mol. The Labute approximate surface area is 93.5 Å². The van der Waals surface area contributed by atoms with Crippen LogP contribution in [0.25, 0.3) is 10.9 Å². The molecule has 1 heterocycles. The summed E-state index contributed by atoms with van der Waals surface area (Å²) in [4.78, 5) is 16.0. The molecule has 1 amide bonds. The molecule has 16 heavy (non-hydrogen) atoms. The fraction of sp³-hybridized carbons (Fsp3) is 0.167. The Morgan fingerprint density at radius 1 is 1.31 bits per heavy atom. The van der Waals surface area contributed by atoms with Crippen LogP contribution >= 0.6 is 0 Å². The maximum Gasteiger partial charge on any atom is 0.253 e. The maximum absolute atomic E-state index is 11.8. The molecule has 0 atom stereocenters. The predicted molar refractivity (Wildman–Crippen MR) is 63.1 cm³/mol. The summed E-state index contributed by atoms with van der Waals surface area (Å²) in [5.41, 5.74) is 6.65. The number of nitrogens with one attached hydrogen (secondary N) is 1. The maximum atomic E-state index is 11.8. The highest BCUT2D eigenvalue weighted by Crippen LogP contribution is 2.15. The highest BCUT2D eigenvalue weighted by molar-refractivity contribution is 6.05. The van der Waals surface area contributed by atoms with Crippen LogP contribution in [-0.2, 0) is 0 Å². The lowest BCUT2D eigenvalue weighted by Crippen LogP contribution is -2.29. The number of carbonyl (C=O) groups is 1. The van der Waals surface area contributed by atoms with Gasteiger partial charge in [-0.05, 0) is 12.1 Å². The van der Waals surface area contributed by atoms with Crippen molar-refractivity contribution in [2.24, 2.45) is 5.73 Å². The van der Waals surface area contributed by atoms with E-state index >= 15 is 0 Å². The molecular weight excluding hydrogens is 202 g/mol. The number of carbonyl (C=O) groups excluding carboxylic acids is 1. The lowest BCUT2D eigenvalue weighted by molar-refractivity contribution is 0.0956. The van der Waals surface area contributed by atoms with E-state index in [1.54, 1.807) is 12.3 Å². The van der Waals surface area contributed by atoms with E-state index in [1.165, 1.54) is 0 Å². The molecule has 2 aromatic rings. The fourth-order valence-corrected chi connectivity index (χ4v) is 1.57. The summed E-state index contributed by atoms with van der Waals surface area (Å²) in [5.74, 6) is -0.130. The molecule has 4 heteroatoms. The number of amides is 1. The third-order valence-electron chi connectivity index (χ3n) is 2.31. The third kappa shape index (κ3) is 2.01. The minimum Gasteiger partial charge on any atom is -0.351 e. The summed E-state index contributed by atoms with van der Waals surface area (Å²) >= 11 is 0. The van der Waals surface area contributed by atoms with Crippen LogP contribution in [0.2, 0.25) is 0 Å². The van der Waals surface area contributed by atoms with Gasteiger partial charge in [0.1, 0.15) is 0 Å². The molecule has 4 nitrogen and oxygen atoms in total. The minimum atomic E-state index is -0.130. The SMILES string of the molecule is NCCNC(=O)c1cccc2cccnc12. The molecular formula is C12H13N3O. The molecule has 0 radical (unpaired) electrons. The second kappa shape index (κ2) is 4.72. The summed E-state index contributed by atoms with van der Waals surface area (Å²) in [7, 11) is 0. The number of fused-ring (bicyclic) bond motifs is 1. The molecule has 0 spiro atoms.